The van der Waals surface area contributed by atoms with Gasteiger partial charge >= 0.3 is 0 Å². The maximum atomic E-state index is 12.3. The number of nitrogens with zero attached hydrogens (tertiary/aromatic N) is 1. The van der Waals surface area contributed by atoms with Gasteiger partial charge in [-0.1, -0.05) is 18.2 Å². The number of rotatable bonds is 1. The summed E-state index contributed by atoms with van der Waals surface area (Å²) in [6, 6.07) is 8.55. The third-order valence-electron chi connectivity index (χ3n) is 4.32. The molecule has 1 unspecified atom stereocenters. The first-order valence-corrected chi connectivity index (χ1v) is 9.74. The van der Waals surface area contributed by atoms with Gasteiger partial charge < -0.3 is 4.31 Å². The fraction of sp³-hybridized carbons (Fsp3) is 0.500. The monoisotopic (exact) mass is 373 g/mol. The van der Waals surface area contributed by atoms with Crippen LogP contribution in [0.15, 0.2) is 24.3 Å². The Labute approximate surface area is 124 Å². The highest BCUT2D eigenvalue weighted by Crippen LogP contribution is 2.46. The molecule has 1 aromatic carbocycles. The number of halogens is 1. The zero-order chi connectivity index (χ0) is 12.6. The average Bonchev–Trinajstić information content (AvgIpc) is 2.65. The fourth-order valence-electron chi connectivity index (χ4n) is 3.31. The van der Waals surface area contributed by atoms with Gasteiger partial charge in [0.25, 0.3) is 0 Å². The quantitative estimate of drug-likeness (QED) is 0.544. The SMILES string of the molecule is O=C1CCCC12CCN(SI)c1ccccc1C2. The molecule has 96 valence electrons. The minimum absolute atomic E-state index is 0.0583. The Morgan fingerprint density at radius 1 is 1.28 bits per heavy atom. The number of hydrogen-bond donors (Lipinski definition) is 0. The Morgan fingerprint density at radius 2 is 2.11 bits per heavy atom. The first-order valence-electron chi connectivity index (χ1n) is 6.43. The van der Waals surface area contributed by atoms with Gasteiger partial charge in [0.05, 0.1) is 5.69 Å². The van der Waals surface area contributed by atoms with Crippen molar-refractivity contribution in [1.82, 2.24) is 0 Å². The molecule has 1 heterocycles. The lowest BCUT2D eigenvalue weighted by molar-refractivity contribution is -0.126. The third kappa shape index (κ3) is 2.07. The van der Waals surface area contributed by atoms with Crippen LogP contribution in [0.1, 0.15) is 31.2 Å². The van der Waals surface area contributed by atoms with Crippen molar-refractivity contribution in [2.45, 2.75) is 32.1 Å². The van der Waals surface area contributed by atoms with Crippen LogP contribution >= 0.6 is 30.3 Å². The molecule has 4 heteroatoms. The number of fused-ring (bicyclic) bond motifs is 1. The molecule has 18 heavy (non-hydrogen) atoms. The van der Waals surface area contributed by atoms with E-state index in [1.165, 1.54) is 11.3 Å². The molecule has 0 N–H and O–H groups in total. The smallest absolute Gasteiger partial charge is 0.139 e. The van der Waals surface area contributed by atoms with Gasteiger partial charge in [-0.3, -0.25) is 4.79 Å². The number of para-hydroxylation sites is 1. The van der Waals surface area contributed by atoms with Crippen molar-refractivity contribution in [1.29, 1.82) is 0 Å². The van der Waals surface area contributed by atoms with Crippen LogP contribution in [0, 0.1) is 5.41 Å². The Morgan fingerprint density at radius 3 is 2.83 bits per heavy atom. The molecule has 0 radical (unpaired) electrons. The molecule has 1 aromatic rings. The molecule has 0 aromatic heterocycles. The molecule has 1 aliphatic carbocycles. The Bertz CT molecular complexity index is 479. The zero-order valence-corrected chi connectivity index (χ0v) is 13.2. The summed E-state index contributed by atoms with van der Waals surface area (Å²) in [4.78, 5) is 12.3. The van der Waals surface area contributed by atoms with Crippen molar-refractivity contribution in [2.24, 2.45) is 5.41 Å². The lowest BCUT2D eigenvalue weighted by Crippen LogP contribution is -2.29. The molecule has 0 amide bonds. The Balaban J connectivity index is 2.01. The van der Waals surface area contributed by atoms with Gasteiger partial charge in [0.2, 0.25) is 0 Å². The van der Waals surface area contributed by atoms with Gasteiger partial charge in [0.1, 0.15) is 5.78 Å². The largest absolute Gasteiger partial charge is 0.307 e. The zero-order valence-electron chi connectivity index (χ0n) is 10.2. The summed E-state index contributed by atoms with van der Waals surface area (Å²) < 4.78 is 2.33. The summed E-state index contributed by atoms with van der Waals surface area (Å²) in [5, 5.41) is 0. The number of ketones is 1. The highest BCUT2D eigenvalue weighted by Gasteiger charge is 2.43. The topological polar surface area (TPSA) is 20.3 Å². The first-order chi connectivity index (χ1) is 8.75. The number of Topliss-reactive ketones (excluding diaryl/α,β-unsaturated/α-hetero) is 1. The summed E-state index contributed by atoms with van der Waals surface area (Å²) in [6.07, 6.45) is 4.91. The molecule has 0 bridgehead atoms. The number of anilines is 1. The van der Waals surface area contributed by atoms with E-state index < -0.39 is 0 Å². The summed E-state index contributed by atoms with van der Waals surface area (Å²) in [6.45, 7) is 0.982. The highest BCUT2D eigenvalue weighted by atomic mass is 127. The standard InChI is InChI=1S/C14H16INOS/c15-18-16-9-8-14(7-3-6-13(14)17)10-11-4-1-2-5-12(11)16/h1-2,4-5H,3,6-10H2. The van der Waals surface area contributed by atoms with Crippen molar-refractivity contribution in [2.75, 3.05) is 10.8 Å². The lowest BCUT2D eigenvalue weighted by Gasteiger charge is -2.25. The van der Waals surface area contributed by atoms with E-state index in [-0.39, 0.29) is 5.41 Å². The third-order valence-corrected chi connectivity index (χ3v) is 6.29. The van der Waals surface area contributed by atoms with Crippen molar-refractivity contribution in [3.05, 3.63) is 29.8 Å². The predicted octanol–water partition coefficient (Wildman–Crippen LogP) is 4.18. The maximum absolute atomic E-state index is 12.3. The van der Waals surface area contributed by atoms with E-state index in [1.807, 2.05) is 0 Å². The average molecular weight is 373 g/mol. The van der Waals surface area contributed by atoms with Crippen LogP contribution < -0.4 is 4.31 Å². The van der Waals surface area contributed by atoms with E-state index in [9.17, 15) is 4.79 Å². The van der Waals surface area contributed by atoms with E-state index >= 15 is 0 Å². The second-order valence-electron chi connectivity index (χ2n) is 5.28. The van der Waals surface area contributed by atoms with Gasteiger partial charge in [-0.2, -0.15) is 0 Å². The summed E-state index contributed by atoms with van der Waals surface area (Å²) in [7, 11) is 1.74. The molecule has 1 fully saturated rings. The molecule has 1 aliphatic heterocycles. The van der Waals surface area contributed by atoms with Crippen LogP contribution in [0.25, 0.3) is 0 Å². The van der Waals surface area contributed by atoms with Crippen LogP contribution in [0.2, 0.25) is 0 Å². The van der Waals surface area contributed by atoms with E-state index in [2.05, 4.69) is 49.8 Å². The van der Waals surface area contributed by atoms with Gasteiger partial charge in [-0.05, 0) is 37.3 Å². The van der Waals surface area contributed by atoms with Gasteiger partial charge in [0, 0.05) is 48.7 Å². The number of benzene rings is 1. The summed E-state index contributed by atoms with van der Waals surface area (Å²) in [5.74, 6) is 0.498. The normalized spacial score (nSPS) is 27.4. The lowest BCUT2D eigenvalue weighted by atomic mass is 9.77. The molecular weight excluding hydrogens is 357 g/mol. The van der Waals surface area contributed by atoms with Crippen LogP contribution in [-0.2, 0) is 11.2 Å². The first kappa shape index (κ1) is 12.8. The minimum atomic E-state index is -0.0583. The summed E-state index contributed by atoms with van der Waals surface area (Å²) in [5.41, 5.74) is 2.58. The second-order valence-corrected chi connectivity index (χ2v) is 7.04. The van der Waals surface area contributed by atoms with Crippen LogP contribution in [0.4, 0.5) is 5.69 Å². The van der Waals surface area contributed by atoms with Crippen LogP contribution in [-0.4, -0.2) is 12.3 Å². The molecule has 1 saturated carbocycles. The van der Waals surface area contributed by atoms with Crippen LogP contribution in [0.3, 0.4) is 0 Å². The van der Waals surface area contributed by atoms with E-state index in [0.717, 1.165) is 38.6 Å². The summed E-state index contributed by atoms with van der Waals surface area (Å²) >= 11 is 2.34. The number of carbonyl (C=O) groups excluding carboxylic acids is 1. The van der Waals surface area contributed by atoms with Crippen LogP contribution in [0.5, 0.6) is 0 Å². The molecule has 2 aliphatic rings. The Hall–Kier alpha value is -0.230. The molecule has 0 saturated heterocycles. The fourth-order valence-corrected chi connectivity index (χ4v) is 4.95. The second kappa shape index (κ2) is 5.04. The maximum Gasteiger partial charge on any atom is 0.139 e. The van der Waals surface area contributed by atoms with Crippen molar-refractivity contribution in [3.8, 4) is 0 Å². The van der Waals surface area contributed by atoms with Crippen molar-refractivity contribution >= 4 is 41.8 Å². The highest BCUT2D eigenvalue weighted by molar-refractivity contribution is 14.2. The van der Waals surface area contributed by atoms with Gasteiger partial charge in [-0.15, -0.1) is 0 Å². The molecule has 2 nitrogen and oxygen atoms in total. The number of hydrogen-bond acceptors (Lipinski definition) is 3. The molecule has 3 rings (SSSR count). The molecule has 1 atom stereocenters. The Kier molecular flexibility index (Phi) is 3.58. The van der Waals surface area contributed by atoms with E-state index in [1.54, 1.807) is 9.12 Å². The van der Waals surface area contributed by atoms with Crippen molar-refractivity contribution < 1.29 is 4.79 Å². The van der Waals surface area contributed by atoms with E-state index in [0.29, 0.717) is 5.78 Å². The van der Waals surface area contributed by atoms with Gasteiger partial charge in [0.15, 0.2) is 0 Å². The van der Waals surface area contributed by atoms with E-state index in [4.69, 9.17) is 0 Å². The van der Waals surface area contributed by atoms with Crippen molar-refractivity contribution in [3.63, 3.8) is 0 Å². The van der Waals surface area contributed by atoms with Gasteiger partial charge in [-0.25, -0.2) is 0 Å². The number of carbonyl (C=O) groups is 1. The molecular formula is C14H16INOS. The minimum Gasteiger partial charge on any atom is -0.307 e. The predicted molar refractivity (Wildman–Crippen MR) is 85.0 cm³/mol. The molecule has 1 spiro atoms.